The number of benzene rings is 4. The van der Waals surface area contributed by atoms with Crippen molar-refractivity contribution >= 4 is 57.4 Å². The fourth-order valence-electron chi connectivity index (χ4n) is 6.91. The average Bonchev–Trinajstić information content (AvgIpc) is 3.65. The zero-order valence-corrected chi connectivity index (χ0v) is 36.0. The number of phenols is 2. The number of rotatable bonds is 14. The molecule has 1 atom stereocenters. The maximum absolute atomic E-state index is 14.2. The summed E-state index contributed by atoms with van der Waals surface area (Å²) in [7, 11) is 0. The minimum atomic E-state index is -4.91. The van der Waals surface area contributed by atoms with Gasteiger partial charge in [-0.2, -0.15) is 0 Å². The van der Waals surface area contributed by atoms with Gasteiger partial charge in [0.15, 0.2) is 23.1 Å². The highest BCUT2D eigenvalue weighted by Crippen LogP contribution is 2.34. The zero-order chi connectivity index (χ0) is 51.3. The van der Waals surface area contributed by atoms with Crippen LogP contribution in [0.15, 0.2) is 72.8 Å². The van der Waals surface area contributed by atoms with Crippen molar-refractivity contribution < 1.29 is 93.8 Å². The van der Waals surface area contributed by atoms with Crippen LogP contribution in [0.25, 0.3) is 21.8 Å². The monoisotopic (exact) mass is 978 g/mol. The largest absolute Gasteiger partial charge is 0.573 e. The summed E-state index contributed by atoms with van der Waals surface area (Å²) < 4.78 is 112. The molecule has 2 heterocycles. The molecule has 0 radical (unpaired) electrons. The molecule has 6 aromatic rings. The van der Waals surface area contributed by atoms with Gasteiger partial charge in [0.1, 0.15) is 11.5 Å². The maximum Gasteiger partial charge on any atom is 0.573 e. The Morgan fingerprint density at radius 1 is 0.623 bits per heavy atom. The molecule has 0 bridgehead atoms. The highest BCUT2D eigenvalue weighted by Gasteiger charge is 2.32. The van der Waals surface area contributed by atoms with Gasteiger partial charge >= 0.3 is 24.7 Å². The lowest BCUT2D eigenvalue weighted by Gasteiger charge is -2.11. The predicted octanol–water partition coefficient (Wildman–Crippen LogP) is 7.28. The number of nitrogens with one attached hydrogen (secondary N) is 2. The van der Waals surface area contributed by atoms with E-state index in [0.29, 0.717) is 0 Å². The quantitative estimate of drug-likeness (QED) is 0.0591. The average molecular weight is 979 g/mol. The summed E-state index contributed by atoms with van der Waals surface area (Å²) in [6.45, 7) is 4.10. The van der Waals surface area contributed by atoms with Gasteiger partial charge in [-0.1, -0.05) is 6.92 Å². The van der Waals surface area contributed by atoms with E-state index in [1.165, 1.54) is 20.8 Å². The summed E-state index contributed by atoms with van der Waals surface area (Å²) in [4.78, 5) is 72.7. The Morgan fingerprint density at radius 3 is 1.35 bits per heavy atom. The molecule has 0 fully saturated rings. The normalized spacial score (nSPS) is 11.9. The second kappa shape index (κ2) is 20.8. The molecule has 0 saturated carbocycles. The van der Waals surface area contributed by atoms with E-state index >= 15 is 0 Å². The number of hydrogen-bond acceptors (Lipinski definition) is 10. The Balaban J connectivity index is 0.000000258. The number of aromatic hydroxyl groups is 2. The molecule has 0 spiro atoms. The fraction of sp³-hybridized carbons (Fsp3) is 0.244. The van der Waals surface area contributed by atoms with Gasteiger partial charge in [-0.15, -0.1) is 26.3 Å². The summed E-state index contributed by atoms with van der Waals surface area (Å²) in [5.41, 5.74) is 0.993. The number of carbonyl (C=O) groups is 6. The second-order valence-electron chi connectivity index (χ2n) is 15.1. The minimum Gasteiger partial charge on any atom is -0.505 e. The van der Waals surface area contributed by atoms with Gasteiger partial charge in [-0.25, -0.2) is 8.78 Å². The Labute approximate surface area is 383 Å². The van der Waals surface area contributed by atoms with E-state index in [9.17, 15) is 74.1 Å². The first-order valence-electron chi connectivity index (χ1n) is 20.0. The smallest absolute Gasteiger partial charge is 0.505 e. The number of carbonyl (C=O) groups excluding carboxylic acids is 4. The topological polar surface area (TPSA) is 236 Å². The van der Waals surface area contributed by atoms with E-state index in [1.54, 1.807) is 0 Å². The van der Waals surface area contributed by atoms with E-state index in [1.807, 2.05) is 0 Å². The molecule has 0 aliphatic heterocycles. The number of nitrogens with zero attached hydrogens (tertiary/aromatic N) is 2. The number of amides is 2. The van der Waals surface area contributed by atoms with Gasteiger partial charge in [0.25, 0.3) is 11.8 Å². The maximum atomic E-state index is 14.2. The third kappa shape index (κ3) is 12.8. The first kappa shape index (κ1) is 51.8. The number of fused-ring (bicyclic) bond motifs is 2. The van der Waals surface area contributed by atoms with Gasteiger partial charge in [0.05, 0.1) is 36.2 Å². The minimum absolute atomic E-state index is 0.0279. The zero-order valence-electron chi connectivity index (χ0n) is 36.0. The van der Waals surface area contributed by atoms with Crippen LogP contribution in [0.1, 0.15) is 56.6 Å². The van der Waals surface area contributed by atoms with Crippen LogP contribution >= 0.6 is 0 Å². The van der Waals surface area contributed by atoms with Gasteiger partial charge in [0.2, 0.25) is 11.8 Å². The molecule has 2 aromatic heterocycles. The molecular weight excluding hydrogens is 940 g/mol. The fourth-order valence-corrected chi connectivity index (χ4v) is 6.91. The second-order valence-corrected chi connectivity index (χ2v) is 15.1. The van der Waals surface area contributed by atoms with Crippen molar-refractivity contribution in [1.82, 2.24) is 19.8 Å². The van der Waals surface area contributed by atoms with Crippen molar-refractivity contribution in [1.29, 1.82) is 0 Å². The lowest BCUT2D eigenvalue weighted by molar-refractivity contribution is -0.275. The standard InChI is InChI=1S/C23H20F4N2O6.C22H18F4N2O6/c1-11(22(33)34)10-28-20(31)8-15-12(2)29(18-9-17(24)19(30)7-16(15)18)21(32)13-3-5-14(6-4-13)35-23(25,26)27;1-11-14(9-19(30)27-7-6-20(31)32)15-8-18(29)16(23)10-17(15)28(11)21(33)12-2-4-13(5-3-12)34-22(24,25)26/h3-7,9,11,30H,8,10H2,1-2H3,(H,28,31)(H,33,34);2-5,8,10,29H,6-7,9H2,1H3,(H,27,30)(H,31,32). The molecule has 0 saturated heterocycles. The van der Waals surface area contributed by atoms with Gasteiger partial charge in [-0.05, 0) is 85.6 Å². The van der Waals surface area contributed by atoms with Crippen molar-refractivity contribution in [2.24, 2.45) is 5.92 Å². The van der Waals surface area contributed by atoms with Crippen LogP contribution in [0.4, 0.5) is 35.1 Å². The number of hydrogen-bond donors (Lipinski definition) is 6. The summed E-state index contributed by atoms with van der Waals surface area (Å²) in [5, 5.41) is 42.6. The molecule has 6 N–H and O–H groups in total. The van der Waals surface area contributed by atoms with Crippen molar-refractivity contribution in [2.45, 2.75) is 52.8 Å². The molecule has 69 heavy (non-hydrogen) atoms. The third-order valence-corrected chi connectivity index (χ3v) is 10.2. The molecule has 16 nitrogen and oxygen atoms in total. The Morgan fingerprint density at radius 2 is 1.00 bits per heavy atom. The van der Waals surface area contributed by atoms with E-state index in [4.69, 9.17) is 10.2 Å². The van der Waals surface area contributed by atoms with Crippen molar-refractivity contribution in [3.05, 3.63) is 118 Å². The summed E-state index contributed by atoms with van der Waals surface area (Å²) in [6.07, 6.45) is -10.7. The molecule has 24 heteroatoms. The van der Waals surface area contributed by atoms with Crippen LogP contribution in [-0.2, 0) is 32.0 Å². The third-order valence-electron chi connectivity index (χ3n) is 10.2. The Hall–Kier alpha value is -8.18. The SMILES string of the molecule is Cc1c(CC(=O)NCC(C)C(=O)O)c2cc(O)c(F)cc2n1C(=O)c1ccc(OC(F)(F)F)cc1.Cc1c(CC(=O)NCCC(=O)O)c2cc(O)c(F)cc2n1C(=O)c1ccc(OC(F)(F)F)cc1. The molecular formula is C45H38F8N4O12. The summed E-state index contributed by atoms with van der Waals surface area (Å²) >= 11 is 0. The molecule has 2 amide bonds. The molecule has 0 aliphatic carbocycles. The molecule has 1 unspecified atom stereocenters. The predicted molar refractivity (Wildman–Crippen MR) is 225 cm³/mol. The number of phenolic OH excluding ortho intramolecular Hbond substituents is 2. The highest BCUT2D eigenvalue weighted by atomic mass is 19.4. The van der Waals surface area contributed by atoms with E-state index < -0.39 is 88.8 Å². The van der Waals surface area contributed by atoms with Gasteiger partial charge in [-0.3, -0.25) is 37.9 Å². The number of ether oxygens (including phenoxy) is 2. The lowest BCUT2D eigenvalue weighted by Crippen LogP contribution is -2.32. The molecule has 366 valence electrons. The Bertz CT molecular complexity index is 2960. The number of halogens is 8. The summed E-state index contributed by atoms with van der Waals surface area (Å²) in [6, 6.07) is 12.1. The molecule has 4 aromatic carbocycles. The number of alkyl halides is 6. The van der Waals surface area contributed by atoms with E-state index in [-0.39, 0.29) is 87.8 Å². The number of carboxylic acids is 2. The number of aromatic nitrogens is 2. The van der Waals surface area contributed by atoms with Crippen LogP contribution in [-0.4, -0.2) is 90.9 Å². The van der Waals surface area contributed by atoms with Crippen molar-refractivity contribution in [3.8, 4) is 23.0 Å². The number of aliphatic carboxylic acids is 2. The molecule has 0 aliphatic rings. The van der Waals surface area contributed by atoms with Crippen LogP contribution < -0.4 is 20.1 Å². The number of carboxylic acid groups (broad SMARTS) is 2. The highest BCUT2D eigenvalue weighted by molar-refractivity contribution is 6.06. The van der Waals surface area contributed by atoms with Crippen molar-refractivity contribution in [2.75, 3.05) is 13.1 Å². The van der Waals surface area contributed by atoms with Crippen LogP contribution in [0.5, 0.6) is 23.0 Å². The van der Waals surface area contributed by atoms with Crippen molar-refractivity contribution in [3.63, 3.8) is 0 Å². The van der Waals surface area contributed by atoms with E-state index in [2.05, 4.69) is 20.1 Å². The lowest BCUT2D eigenvalue weighted by atomic mass is 10.1. The van der Waals surface area contributed by atoms with Gasteiger partial charge in [0, 0.05) is 58.5 Å². The Kier molecular flexibility index (Phi) is 15.6. The first-order chi connectivity index (χ1) is 32.1. The van der Waals surface area contributed by atoms with Crippen LogP contribution in [0, 0.1) is 31.4 Å². The summed E-state index contributed by atoms with van der Waals surface area (Å²) in [5.74, 6) is -10.2. The van der Waals surface area contributed by atoms with Crippen LogP contribution in [0.3, 0.4) is 0 Å². The van der Waals surface area contributed by atoms with Crippen LogP contribution in [0.2, 0.25) is 0 Å². The molecule has 6 rings (SSSR count). The first-order valence-corrected chi connectivity index (χ1v) is 20.0. The van der Waals surface area contributed by atoms with E-state index in [0.717, 1.165) is 81.9 Å². The van der Waals surface area contributed by atoms with Gasteiger partial charge < -0.3 is 40.5 Å².